The molecule has 2 rings (SSSR count). The van der Waals surface area contributed by atoms with Gasteiger partial charge < -0.3 is 10.0 Å². The molecule has 0 saturated carbocycles. The van der Waals surface area contributed by atoms with Crippen LogP contribution in [0.1, 0.15) is 37.8 Å². The number of carbonyl (C=O) groups is 1. The van der Waals surface area contributed by atoms with Crippen molar-refractivity contribution in [3.05, 3.63) is 29.3 Å². The summed E-state index contributed by atoms with van der Waals surface area (Å²) in [5.41, 5.74) is 3.04. The van der Waals surface area contributed by atoms with E-state index in [0.29, 0.717) is 12.3 Å². The van der Waals surface area contributed by atoms with Gasteiger partial charge in [-0.25, -0.2) is 0 Å². The number of fused-ring (bicyclic) bond motifs is 1. The lowest BCUT2D eigenvalue weighted by Gasteiger charge is -2.21. The van der Waals surface area contributed by atoms with Crippen LogP contribution in [0.5, 0.6) is 0 Å². The number of nitrogens with zero attached hydrogens (tertiary/aromatic N) is 1. The summed E-state index contributed by atoms with van der Waals surface area (Å²) >= 11 is 0. The van der Waals surface area contributed by atoms with E-state index in [4.69, 9.17) is 0 Å². The molecule has 0 saturated heterocycles. The molecule has 3 nitrogen and oxygen atoms in total. The van der Waals surface area contributed by atoms with Crippen LogP contribution in [-0.2, 0) is 11.2 Å². The largest absolute Gasteiger partial charge is 0.481 e. The van der Waals surface area contributed by atoms with Gasteiger partial charge in [0.25, 0.3) is 0 Å². The first-order chi connectivity index (χ1) is 8.33. The van der Waals surface area contributed by atoms with E-state index in [1.165, 1.54) is 16.8 Å². The van der Waals surface area contributed by atoms with E-state index < -0.39 is 11.4 Å². The van der Waals surface area contributed by atoms with Crippen molar-refractivity contribution in [2.24, 2.45) is 5.41 Å². The minimum absolute atomic E-state index is 0.478. The highest BCUT2D eigenvalue weighted by Crippen LogP contribution is 2.39. The van der Waals surface area contributed by atoms with Gasteiger partial charge in [-0.1, -0.05) is 19.1 Å². The number of carboxylic acid groups (broad SMARTS) is 1. The second-order valence-electron chi connectivity index (χ2n) is 6.00. The van der Waals surface area contributed by atoms with Gasteiger partial charge in [-0.15, -0.1) is 0 Å². The Hall–Kier alpha value is -1.51. The summed E-state index contributed by atoms with van der Waals surface area (Å²) in [7, 11) is 2.09. The third-order valence-electron chi connectivity index (χ3n) is 3.84. The van der Waals surface area contributed by atoms with Gasteiger partial charge in [0.15, 0.2) is 0 Å². The average molecular weight is 247 g/mol. The normalized spacial score (nSPS) is 18.9. The summed E-state index contributed by atoms with van der Waals surface area (Å²) in [6.45, 7) is 6.80. The molecule has 18 heavy (non-hydrogen) atoms. The summed E-state index contributed by atoms with van der Waals surface area (Å²) in [5, 5.41) is 9.26. The zero-order valence-corrected chi connectivity index (χ0v) is 11.5. The first-order valence-corrected chi connectivity index (χ1v) is 6.39. The Kier molecular flexibility index (Phi) is 3.09. The predicted octanol–water partition coefficient (Wildman–Crippen LogP) is 2.89. The summed E-state index contributed by atoms with van der Waals surface area (Å²) in [4.78, 5) is 13.5. The molecular formula is C15H21NO2. The third-order valence-corrected chi connectivity index (χ3v) is 3.84. The van der Waals surface area contributed by atoms with Crippen molar-refractivity contribution in [1.29, 1.82) is 0 Å². The molecule has 0 bridgehead atoms. The molecule has 0 fully saturated rings. The van der Waals surface area contributed by atoms with Gasteiger partial charge in [-0.3, -0.25) is 4.79 Å². The number of benzene rings is 1. The number of anilines is 1. The Labute approximate surface area is 108 Å². The number of aliphatic carboxylic acids is 1. The van der Waals surface area contributed by atoms with Gasteiger partial charge in [0.2, 0.25) is 0 Å². The number of hydrogen-bond acceptors (Lipinski definition) is 2. The van der Waals surface area contributed by atoms with Crippen LogP contribution in [-0.4, -0.2) is 24.7 Å². The van der Waals surface area contributed by atoms with E-state index >= 15 is 0 Å². The molecule has 1 aromatic rings. The maximum atomic E-state index is 11.3. The van der Waals surface area contributed by atoms with Crippen LogP contribution in [0.25, 0.3) is 0 Å². The van der Waals surface area contributed by atoms with E-state index in [1.54, 1.807) is 13.8 Å². The van der Waals surface area contributed by atoms with Crippen molar-refractivity contribution in [2.75, 3.05) is 18.5 Å². The van der Waals surface area contributed by atoms with Crippen LogP contribution < -0.4 is 4.90 Å². The fraction of sp³-hybridized carbons (Fsp3) is 0.533. The first-order valence-electron chi connectivity index (χ1n) is 6.39. The summed E-state index contributed by atoms with van der Waals surface area (Å²) < 4.78 is 0. The summed E-state index contributed by atoms with van der Waals surface area (Å²) in [6.07, 6.45) is 0.587. The van der Waals surface area contributed by atoms with Crippen LogP contribution >= 0.6 is 0 Å². The van der Waals surface area contributed by atoms with E-state index in [0.717, 1.165) is 6.54 Å². The maximum absolute atomic E-state index is 11.3. The Morgan fingerprint density at radius 2 is 2.17 bits per heavy atom. The molecule has 1 unspecified atom stereocenters. The van der Waals surface area contributed by atoms with Crippen molar-refractivity contribution in [1.82, 2.24) is 0 Å². The van der Waals surface area contributed by atoms with E-state index in [-0.39, 0.29) is 0 Å². The minimum Gasteiger partial charge on any atom is -0.481 e. The zero-order chi connectivity index (χ0) is 13.5. The SMILES string of the molecule is CC1CN(C)c2cccc(CC(C)(C)C(=O)O)c21. The average Bonchev–Trinajstić information content (AvgIpc) is 2.55. The molecule has 1 aliphatic rings. The summed E-state index contributed by atoms with van der Waals surface area (Å²) in [5.74, 6) is -0.259. The van der Waals surface area contributed by atoms with E-state index in [9.17, 15) is 9.90 Å². The fourth-order valence-corrected chi connectivity index (χ4v) is 2.81. The van der Waals surface area contributed by atoms with Crippen LogP contribution in [0.2, 0.25) is 0 Å². The molecule has 1 aliphatic heterocycles. The van der Waals surface area contributed by atoms with Gasteiger partial charge in [0, 0.05) is 25.2 Å². The molecule has 3 heteroatoms. The Balaban J connectivity index is 2.40. The van der Waals surface area contributed by atoms with E-state index in [2.05, 4.69) is 31.0 Å². The third kappa shape index (κ3) is 2.09. The highest BCUT2D eigenvalue weighted by atomic mass is 16.4. The lowest BCUT2D eigenvalue weighted by Crippen LogP contribution is -2.26. The van der Waals surface area contributed by atoms with Crippen LogP contribution in [0, 0.1) is 5.41 Å². The highest BCUT2D eigenvalue weighted by molar-refractivity contribution is 5.74. The van der Waals surface area contributed by atoms with Gasteiger partial charge in [-0.2, -0.15) is 0 Å². The molecule has 1 N–H and O–H groups in total. The lowest BCUT2D eigenvalue weighted by atomic mass is 9.82. The van der Waals surface area contributed by atoms with Gasteiger partial charge in [0.05, 0.1) is 5.41 Å². The molecular weight excluding hydrogens is 226 g/mol. The summed E-state index contributed by atoms with van der Waals surface area (Å²) in [6, 6.07) is 6.22. The molecule has 0 aliphatic carbocycles. The van der Waals surface area contributed by atoms with Crippen molar-refractivity contribution in [3.8, 4) is 0 Å². The van der Waals surface area contributed by atoms with Gasteiger partial charge in [-0.05, 0) is 37.5 Å². The quantitative estimate of drug-likeness (QED) is 0.892. The smallest absolute Gasteiger partial charge is 0.309 e. The second-order valence-corrected chi connectivity index (χ2v) is 6.00. The minimum atomic E-state index is -0.737. The predicted molar refractivity (Wildman–Crippen MR) is 73.2 cm³/mol. The number of rotatable bonds is 3. The number of hydrogen-bond donors (Lipinski definition) is 1. The number of carboxylic acids is 1. The second kappa shape index (κ2) is 4.30. The molecule has 0 spiro atoms. The van der Waals surface area contributed by atoms with Crippen molar-refractivity contribution in [2.45, 2.75) is 33.1 Å². The van der Waals surface area contributed by atoms with Gasteiger partial charge in [0.1, 0.15) is 0 Å². The van der Waals surface area contributed by atoms with Crippen molar-refractivity contribution < 1.29 is 9.90 Å². The van der Waals surface area contributed by atoms with Crippen LogP contribution in [0.4, 0.5) is 5.69 Å². The fourth-order valence-electron chi connectivity index (χ4n) is 2.81. The lowest BCUT2D eigenvalue weighted by molar-refractivity contribution is -0.146. The molecule has 98 valence electrons. The Morgan fingerprint density at radius 1 is 1.50 bits per heavy atom. The monoisotopic (exact) mass is 247 g/mol. The molecule has 1 aromatic carbocycles. The standard InChI is InChI=1S/C15H21NO2/c1-10-9-16(4)12-7-5-6-11(13(10)12)8-15(2,3)14(17)18/h5-7,10H,8-9H2,1-4H3,(H,17,18). The highest BCUT2D eigenvalue weighted by Gasteiger charge is 2.32. The topological polar surface area (TPSA) is 40.5 Å². The van der Waals surface area contributed by atoms with Crippen molar-refractivity contribution >= 4 is 11.7 Å². The van der Waals surface area contributed by atoms with Gasteiger partial charge >= 0.3 is 5.97 Å². The maximum Gasteiger partial charge on any atom is 0.309 e. The molecule has 0 aromatic heterocycles. The van der Waals surface area contributed by atoms with Crippen LogP contribution in [0.3, 0.4) is 0 Å². The first kappa shape index (κ1) is 12.9. The molecule has 1 heterocycles. The van der Waals surface area contributed by atoms with Crippen molar-refractivity contribution in [3.63, 3.8) is 0 Å². The number of likely N-dealkylation sites (N-methyl/N-ethyl adjacent to an activating group) is 1. The molecule has 0 radical (unpaired) electrons. The van der Waals surface area contributed by atoms with Crippen LogP contribution in [0.15, 0.2) is 18.2 Å². The Bertz CT molecular complexity index is 479. The molecule has 1 atom stereocenters. The molecule has 0 amide bonds. The van der Waals surface area contributed by atoms with E-state index in [1.807, 2.05) is 6.07 Å². The zero-order valence-electron chi connectivity index (χ0n) is 11.5. The Morgan fingerprint density at radius 3 is 2.78 bits per heavy atom.